The van der Waals surface area contributed by atoms with Crippen molar-refractivity contribution in [2.75, 3.05) is 6.61 Å². The van der Waals surface area contributed by atoms with Gasteiger partial charge < -0.3 is 9.84 Å². The lowest BCUT2D eigenvalue weighted by Gasteiger charge is -2.09. The van der Waals surface area contributed by atoms with Crippen molar-refractivity contribution in [2.45, 2.75) is 6.10 Å². The van der Waals surface area contributed by atoms with Crippen molar-refractivity contribution in [2.24, 2.45) is 0 Å². The molecule has 1 heterocycles. The van der Waals surface area contributed by atoms with Crippen LogP contribution in [0.1, 0.15) is 0 Å². The summed E-state index contributed by atoms with van der Waals surface area (Å²) in [5.74, 6) is -0.379. The molecule has 0 aromatic carbocycles. The van der Waals surface area contributed by atoms with Gasteiger partial charge >= 0.3 is 5.97 Å². The number of ether oxygens (including phenoxy) is 1. The Labute approximate surface area is 46.6 Å². The molecule has 3 heteroatoms. The van der Waals surface area contributed by atoms with Crippen LogP contribution in [0.4, 0.5) is 0 Å². The van der Waals surface area contributed by atoms with E-state index in [4.69, 9.17) is 5.11 Å². The lowest BCUT2D eigenvalue weighted by atomic mass is 10.3. The Hall–Kier alpha value is -0.830. The van der Waals surface area contributed by atoms with Crippen LogP contribution in [0.25, 0.3) is 0 Å². The first-order valence-electron chi connectivity index (χ1n) is 2.32. The second-order valence-corrected chi connectivity index (χ2v) is 1.56. The summed E-state index contributed by atoms with van der Waals surface area (Å²) in [7, 11) is 0. The van der Waals surface area contributed by atoms with Crippen LogP contribution in [0.2, 0.25) is 0 Å². The second kappa shape index (κ2) is 1.96. The highest BCUT2D eigenvalue weighted by molar-refractivity contribution is 5.82. The Morgan fingerprint density at radius 1 is 1.88 bits per heavy atom. The van der Waals surface area contributed by atoms with Crippen LogP contribution in [0, 0.1) is 0 Å². The Bertz CT molecular complexity index is 128. The molecule has 0 saturated heterocycles. The van der Waals surface area contributed by atoms with Crippen molar-refractivity contribution in [3.8, 4) is 0 Å². The molecule has 3 nitrogen and oxygen atoms in total. The summed E-state index contributed by atoms with van der Waals surface area (Å²) in [4.78, 5) is 10.2. The largest absolute Gasteiger partial charge is 0.459 e. The molecule has 1 rings (SSSR count). The van der Waals surface area contributed by atoms with Gasteiger partial charge in [0.2, 0.25) is 0 Å². The zero-order valence-corrected chi connectivity index (χ0v) is 4.20. The van der Waals surface area contributed by atoms with E-state index in [1.54, 1.807) is 0 Å². The molecule has 0 amide bonds. The lowest BCUT2D eigenvalue weighted by Crippen LogP contribution is -2.19. The topological polar surface area (TPSA) is 46.5 Å². The quantitative estimate of drug-likeness (QED) is 0.430. The molecule has 1 aliphatic heterocycles. The summed E-state index contributed by atoms with van der Waals surface area (Å²) >= 11 is 0. The maximum absolute atomic E-state index is 10.2. The summed E-state index contributed by atoms with van der Waals surface area (Å²) in [6.07, 6.45) is 2.02. The van der Waals surface area contributed by atoms with E-state index < -0.39 is 6.10 Å². The number of carbonyl (C=O) groups excluding carboxylic acids is 1. The number of rotatable bonds is 0. The van der Waals surface area contributed by atoms with Crippen molar-refractivity contribution in [1.82, 2.24) is 0 Å². The number of aliphatic hydroxyl groups is 1. The van der Waals surface area contributed by atoms with Gasteiger partial charge in [-0.25, -0.2) is 4.79 Å². The Kier molecular flexibility index (Phi) is 1.30. The van der Waals surface area contributed by atoms with Gasteiger partial charge in [0.15, 0.2) is 0 Å². The molecule has 0 saturated carbocycles. The van der Waals surface area contributed by atoms with E-state index in [0.29, 0.717) is 0 Å². The first kappa shape index (κ1) is 5.31. The highest BCUT2D eigenvalue weighted by Gasteiger charge is 2.08. The predicted octanol–water partition coefficient (Wildman–Crippen LogP) is -0.540. The molecule has 0 radical (unpaired) electrons. The van der Waals surface area contributed by atoms with E-state index in [-0.39, 0.29) is 12.6 Å². The third kappa shape index (κ3) is 1.07. The molecule has 1 N–H and O–H groups in total. The minimum Gasteiger partial charge on any atom is -0.459 e. The highest BCUT2D eigenvalue weighted by atomic mass is 16.5. The van der Waals surface area contributed by atoms with E-state index >= 15 is 0 Å². The molecule has 44 valence electrons. The molecule has 0 aromatic rings. The van der Waals surface area contributed by atoms with E-state index in [1.165, 1.54) is 12.2 Å². The minimum atomic E-state index is -0.604. The normalized spacial score (nSPS) is 27.6. The fraction of sp³-hybridized carbons (Fsp3) is 0.400. The van der Waals surface area contributed by atoms with Crippen LogP contribution in [0.5, 0.6) is 0 Å². The highest BCUT2D eigenvalue weighted by Crippen LogP contribution is 1.96. The Balaban J connectivity index is 2.55. The van der Waals surface area contributed by atoms with Gasteiger partial charge in [-0.05, 0) is 6.08 Å². The number of hydrogen-bond acceptors (Lipinski definition) is 3. The molecule has 0 aliphatic carbocycles. The molecule has 0 spiro atoms. The van der Waals surface area contributed by atoms with Gasteiger partial charge in [0, 0.05) is 6.08 Å². The number of aliphatic hydroxyl groups excluding tert-OH is 1. The number of hydrogen-bond donors (Lipinski definition) is 1. The van der Waals surface area contributed by atoms with E-state index in [2.05, 4.69) is 4.74 Å². The predicted molar refractivity (Wildman–Crippen MR) is 26.1 cm³/mol. The first-order chi connectivity index (χ1) is 3.79. The Morgan fingerprint density at radius 2 is 2.62 bits per heavy atom. The van der Waals surface area contributed by atoms with Crippen LogP contribution in [0.15, 0.2) is 12.2 Å². The molecular weight excluding hydrogens is 108 g/mol. The maximum atomic E-state index is 10.2. The SMILES string of the molecule is O=C1C=C[C@H](O)CO1. The third-order valence-electron chi connectivity index (χ3n) is 0.851. The molecule has 1 atom stereocenters. The van der Waals surface area contributed by atoms with E-state index in [9.17, 15) is 4.79 Å². The number of carbonyl (C=O) groups is 1. The zero-order valence-electron chi connectivity index (χ0n) is 4.20. The molecule has 0 fully saturated rings. The molecule has 8 heavy (non-hydrogen) atoms. The fourth-order valence-corrected chi connectivity index (χ4v) is 0.461. The summed E-state index contributed by atoms with van der Waals surface area (Å²) in [6.45, 7) is 0.0926. The van der Waals surface area contributed by atoms with Crippen molar-refractivity contribution >= 4 is 5.97 Å². The molecule has 0 unspecified atom stereocenters. The van der Waals surface area contributed by atoms with E-state index in [0.717, 1.165) is 0 Å². The zero-order chi connectivity index (χ0) is 5.98. The van der Waals surface area contributed by atoms with Gasteiger partial charge in [0.05, 0.1) is 0 Å². The van der Waals surface area contributed by atoms with Crippen LogP contribution in [0.3, 0.4) is 0 Å². The summed E-state index contributed by atoms with van der Waals surface area (Å²) in [5, 5.41) is 8.66. The number of esters is 1. The van der Waals surface area contributed by atoms with E-state index in [1.807, 2.05) is 0 Å². The standard InChI is InChI=1S/C5H6O3/c6-4-1-2-5(7)8-3-4/h1-2,4,6H,3H2/t4-/m0/s1. The lowest BCUT2D eigenvalue weighted by molar-refractivity contribution is -0.141. The van der Waals surface area contributed by atoms with Gasteiger partial charge in [0.1, 0.15) is 12.7 Å². The monoisotopic (exact) mass is 114 g/mol. The van der Waals surface area contributed by atoms with Crippen molar-refractivity contribution in [3.05, 3.63) is 12.2 Å². The van der Waals surface area contributed by atoms with Gasteiger partial charge in [0.25, 0.3) is 0 Å². The summed E-state index contributed by atoms with van der Waals surface area (Å²) in [5.41, 5.74) is 0. The maximum Gasteiger partial charge on any atom is 0.330 e. The second-order valence-electron chi connectivity index (χ2n) is 1.56. The number of cyclic esters (lactones) is 1. The van der Waals surface area contributed by atoms with Gasteiger partial charge in [-0.1, -0.05) is 0 Å². The molecule has 0 bridgehead atoms. The average Bonchev–Trinajstić information content (AvgIpc) is 1.77. The van der Waals surface area contributed by atoms with Gasteiger partial charge in [-0.3, -0.25) is 0 Å². The van der Waals surface area contributed by atoms with Crippen molar-refractivity contribution in [3.63, 3.8) is 0 Å². The fourth-order valence-electron chi connectivity index (χ4n) is 0.461. The van der Waals surface area contributed by atoms with Crippen LogP contribution in [-0.2, 0) is 9.53 Å². The van der Waals surface area contributed by atoms with Gasteiger partial charge in [-0.2, -0.15) is 0 Å². The third-order valence-corrected chi connectivity index (χ3v) is 0.851. The molecule has 0 aromatic heterocycles. The van der Waals surface area contributed by atoms with Crippen LogP contribution in [-0.4, -0.2) is 23.8 Å². The van der Waals surface area contributed by atoms with Gasteiger partial charge in [-0.15, -0.1) is 0 Å². The summed E-state index contributed by atoms with van der Waals surface area (Å²) in [6, 6.07) is 0. The first-order valence-corrected chi connectivity index (χ1v) is 2.32. The average molecular weight is 114 g/mol. The molecular formula is C5H6O3. The smallest absolute Gasteiger partial charge is 0.330 e. The van der Waals surface area contributed by atoms with Crippen LogP contribution < -0.4 is 0 Å². The molecule has 1 aliphatic rings. The summed E-state index contributed by atoms with van der Waals surface area (Å²) < 4.78 is 4.41. The van der Waals surface area contributed by atoms with Crippen molar-refractivity contribution in [1.29, 1.82) is 0 Å². The Morgan fingerprint density at radius 3 is 3.00 bits per heavy atom. The van der Waals surface area contributed by atoms with Crippen molar-refractivity contribution < 1.29 is 14.6 Å². The van der Waals surface area contributed by atoms with Crippen LogP contribution >= 0.6 is 0 Å². The minimum absolute atomic E-state index is 0.0926.